The topological polar surface area (TPSA) is 79.7 Å². The predicted octanol–water partition coefficient (Wildman–Crippen LogP) is 4.42. The maximum Gasteiger partial charge on any atom is 0.300 e. The van der Waals surface area contributed by atoms with Gasteiger partial charge in [0.15, 0.2) is 0 Å². The van der Waals surface area contributed by atoms with E-state index in [9.17, 15) is 14.7 Å². The van der Waals surface area contributed by atoms with Gasteiger partial charge < -0.3 is 9.84 Å². The van der Waals surface area contributed by atoms with E-state index in [4.69, 9.17) is 4.74 Å². The highest BCUT2D eigenvalue weighted by Crippen LogP contribution is 2.41. The number of anilines is 1. The van der Waals surface area contributed by atoms with Crippen LogP contribution in [0.15, 0.2) is 78.5 Å². The normalized spacial score (nSPS) is 17.7. The summed E-state index contributed by atoms with van der Waals surface area (Å²) in [6.07, 6.45) is 1.60. The number of ketones is 1. The molecule has 0 bridgehead atoms. The number of ether oxygens (including phenoxy) is 1. The molecule has 1 atom stereocenters. The van der Waals surface area contributed by atoms with E-state index in [-0.39, 0.29) is 11.3 Å². The highest BCUT2D eigenvalue weighted by molar-refractivity contribution is 6.51. The summed E-state index contributed by atoms with van der Waals surface area (Å²) in [5.74, 6) is -1.04. The number of hydrogen-bond acceptors (Lipinski definition) is 5. The molecule has 6 heteroatoms. The Morgan fingerprint density at radius 2 is 1.74 bits per heavy atom. The minimum absolute atomic E-state index is 0.00781. The van der Waals surface area contributed by atoms with Crippen molar-refractivity contribution < 1.29 is 19.4 Å². The molecule has 6 nitrogen and oxygen atoms in total. The number of rotatable bonds is 5. The van der Waals surface area contributed by atoms with Crippen LogP contribution in [0.5, 0.6) is 5.75 Å². The van der Waals surface area contributed by atoms with E-state index in [1.165, 1.54) is 4.90 Å². The largest absolute Gasteiger partial charge is 0.507 e. The second-order valence-corrected chi connectivity index (χ2v) is 7.22. The number of amides is 1. The molecule has 0 saturated carbocycles. The van der Waals surface area contributed by atoms with Crippen LogP contribution in [0.1, 0.15) is 29.8 Å². The zero-order chi connectivity index (χ0) is 22.0. The summed E-state index contributed by atoms with van der Waals surface area (Å²) in [6, 6.07) is 18.5. The Bertz CT molecular complexity index is 1140. The van der Waals surface area contributed by atoms with E-state index in [2.05, 4.69) is 4.98 Å². The summed E-state index contributed by atoms with van der Waals surface area (Å²) in [5, 5.41) is 11.1. The second-order valence-electron chi connectivity index (χ2n) is 7.22. The van der Waals surface area contributed by atoms with E-state index in [0.29, 0.717) is 29.3 Å². The molecule has 1 amide bonds. The Hall–Kier alpha value is -3.93. The second kappa shape index (κ2) is 8.44. The summed E-state index contributed by atoms with van der Waals surface area (Å²) in [4.78, 5) is 31.9. The van der Waals surface area contributed by atoms with E-state index >= 15 is 0 Å². The van der Waals surface area contributed by atoms with Crippen LogP contribution in [0, 0.1) is 6.92 Å². The zero-order valence-corrected chi connectivity index (χ0v) is 17.3. The number of pyridine rings is 1. The number of carbonyl (C=O) groups is 2. The van der Waals surface area contributed by atoms with Gasteiger partial charge in [0.2, 0.25) is 0 Å². The van der Waals surface area contributed by atoms with Gasteiger partial charge in [-0.2, -0.15) is 0 Å². The molecular formula is C25H22N2O4. The first-order chi connectivity index (χ1) is 15.0. The number of hydrogen-bond donors (Lipinski definition) is 1. The molecule has 0 radical (unpaired) electrons. The fourth-order valence-corrected chi connectivity index (χ4v) is 3.65. The van der Waals surface area contributed by atoms with Crippen LogP contribution in [0.3, 0.4) is 0 Å². The minimum atomic E-state index is -0.838. The number of nitrogens with zero attached hydrogens (tertiary/aromatic N) is 2. The molecule has 1 unspecified atom stereocenters. The average molecular weight is 414 g/mol. The lowest BCUT2D eigenvalue weighted by Gasteiger charge is -2.24. The number of carbonyl (C=O) groups excluding carboxylic acids is 2. The van der Waals surface area contributed by atoms with Crippen LogP contribution in [0.25, 0.3) is 5.76 Å². The van der Waals surface area contributed by atoms with Crippen LogP contribution in [-0.2, 0) is 9.59 Å². The van der Waals surface area contributed by atoms with Crippen LogP contribution < -0.4 is 9.64 Å². The summed E-state index contributed by atoms with van der Waals surface area (Å²) >= 11 is 0. The molecule has 2 heterocycles. The van der Waals surface area contributed by atoms with Crippen LogP contribution in [0.2, 0.25) is 0 Å². The first-order valence-corrected chi connectivity index (χ1v) is 10.0. The van der Waals surface area contributed by atoms with Gasteiger partial charge in [0.1, 0.15) is 17.6 Å². The molecule has 2 aromatic carbocycles. The van der Waals surface area contributed by atoms with Gasteiger partial charge in [-0.25, -0.2) is 0 Å². The van der Waals surface area contributed by atoms with E-state index in [1.807, 2.05) is 26.0 Å². The van der Waals surface area contributed by atoms with Crippen LogP contribution in [-0.4, -0.2) is 28.4 Å². The maximum atomic E-state index is 13.1. The highest BCUT2D eigenvalue weighted by atomic mass is 16.5. The Morgan fingerprint density at radius 3 is 2.35 bits per heavy atom. The highest BCUT2D eigenvalue weighted by Gasteiger charge is 2.47. The molecule has 1 aliphatic rings. The van der Waals surface area contributed by atoms with Crippen molar-refractivity contribution in [3.63, 3.8) is 0 Å². The van der Waals surface area contributed by atoms with Crippen molar-refractivity contribution >= 4 is 23.1 Å². The van der Waals surface area contributed by atoms with Gasteiger partial charge >= 0.3 is 0 Å². The van der Waals surface area contributed by atoms with Crippen molar-refractivity contribution in [3.8, 4) is 5.75 Å². The number of aromatic nitrogens is 1. The van der Waals surface area contributed by atoms with Crippen molar-refractivity contribution in [1.82, 2.24) is 4.98 Å². The molecule has 0 spiro atoms. The zero-order valence-electron chi connectivity index (χ0n) is 17.3. The van der Waals surface area contributed by atoms with Gasteiger partial charge in [0, 0.05) is 17.4 Å². The van der Waals surface area contributed by atoms with Crippen molar-refractivity contribution in [2.45, 2.75) is 19.9 Å². The van der Waals surface area contributed by atoms with Gasteiger partial charge in [-0.05, 0) is 62.4 Å². The predicted molar refractivity (Wildman–Crippen MR) is 118 cm³/mol. The van der Waals surface area contributed by atoms with Crippen LogP contribution in [0.4, 0.5) is 5.69 Å². The molecule has 1 aromatic heterocycles. The number of aliphatic hydroxyl groups excluding tert-OH is 1. The summed E-state index contributed by atoms with van der Waals surface area (Å²) in [7, 11) is 0. The molecule has 0 aliphatic carbocycles. The first-order valence-electron chi connectivity index (χ1n) is 10.0. The maximum absolute atomic E-state index is 13.1. The third-order valence-electron chi connectivity index (χ3n) is 5.16. The Labute approximate surface area is 180 Å². The molecule has 3 aromatic rings. The smallest absolute Gasteiger partial charge is 0.300 e. The SMILES string of the molecule is CCOc1ccc(/C(O)=C2/C(=O)C(=O)N(c3ccc(C)cc3)C2c2ccccn2)cc1. The standard InChI is InChI=1S/C25H22N2O4/c1-3-31-19-13-9-17(10-14-19)23(28)21-22(20-6-4-5-15-26-20)27(25(30)24(21)29)18-11-7-16(2)8-12-18/h4-15,22,28H,3H2,1-2H3/b23-21-. The monoisotopic (exact) mass is 414 g/mol. The van der Waals surface area contributed by atoms with Gasteiger partial charge in [0.05, 0.1) is 17.9 Å². The van der Waals surface area contributed by atoms with E-state index < -0.39 is 17.7 Å². The fourth-order valence-electron chi connectivity index (χ4n) is 3.65. The van der Waals surface area contributed by atoms with Crippen LogP contribution >= 0.6 is 0 Å². The minimum Gasteiger partial charge on any atom is -0.507 e. The fraction of sp³-hybridized carbons (Fsp3) is 0.160. The molecule has 1 aliphatic heterocycles. The van der Waals surface area contributed by atoms with Gasteiger partial charge in [-0.3, -0.25) is 19.5 Å². The molecule has 1 saturated heterocycles. The molecule has 1 N–H and O–H groups in total. The van der Waals surface area contributed by atoms with Gasteiger partial charge in [0.25, 0.3) is 11.7 Å². The number of benzene rings is 2. The lowest BCUT2D eigenvalue weighted by atomic mass is 9.98. The van der Waals surface area contributed by atoms with E-state index in [1.54, 1.807) is 60.8 Å². The lowest BCUT2D eigenvalue weighted by molar-refractivity contribution is -0.132. The number of aliphatic hydroxyl groups is 1. The summed E-state index contributed by atoms with van der Waals surface area (Å²) < 4.78 is 5.44. The number of aryl methyl sites for hydroxylation is 1. The van der Waals surface area contributed by atoms with Crippen molar-refractivity contribution in [2.75, 3.05) is 11.5 Å². The van der Waals surface area contributed by atoms with Crippen molar-refractivity contribution in [3.05, 3.63) is 95.3 Å². The first kappa shape index (κ1) is 20.3. The number of Topliss-reactive ketones (excluding diaryl/α,β-unsaturated/α-hetero) is 1. The van der Waals surface area contributed by atoms with Gasteiger partial charge in [-0.1, -0.05) is 23.8 Å². The summed E-state index contributed by atoms with van der Waals surface area (Å²) in [6.45, 7) is 4.35. The third-order valence-corrected chi connectivity index (χ3v) is 5.16. The summed E-state index contributed by atoms with van der Waals surface area (Å²) in [5.41, 5.74) is 2.52. The van der Waals surface area contributed by atoms with Gasteiger partial charge in [-0.15, -0.1) is 0 Å². The Balaban J connectivity index is 1.87. The molecule has 1 fully saturated rings. The van der Waals surface area contributed by atoms with Crippen molar-refractivity contribution in [1.29, 1.82) is 0 Å². The average Bonchev–Trinajstić information content (AvgIpc) is 3.06. The van der Waals surface area contributed by atoms with E-state index in [0.717, 1.165) is 5.56 Å². The lowest BCUT2D eigenvalue weighted by Crippen LogP contribution is -2.29. The molecule has 4 rings (SSSR count). The molecule has 31 heavy (non-hydrogen) atoms. The Kier molecular flexibility index (Phi) is 5.54. The third kappa shape index (κ3) is 3.80. The Morgan fingerprint density at radius 1 is 1.03 bits per heavy atom. The molecule has 156 valence electrons. The van der Waals surface area contributed by atoms with Crippen molar-refractivity contribution in [2.24, 2.45) is 0 Å². The quantitative estimate of drug-likeness (QED) is 0.380. The molecular weight excluding hydrogens is 392 g/mol.